The Balaban J connectivity index is 4.11. The zero-order valence-electron chi connectivity index (χ0n) is 62.3. The lowest BCUT2D eigenvalue weighted by molar-refractivity contribution is -0.163. The number of nitrogens with one attached hydrogen (secondary N) is 9. The number of imide groups is 1. The minimum atomic E-state index is -1.72. The summed E-state index contributed by atoms with van der Waals surface area (Å²) in [5.41, 5.74) is 0. The van der Waals surface area contributed by atoms with E-state index in [1.54, 1.807) is 76.2 Å². The monoisotopic (exact) mass is 1380 g/mol. The third kappa shape index (κ3) is 28.2. The quantitative estimate of drug-likeness (QED) is 0.0616. The molecular weight excluding hydrogens is 1250 g/mol. The molecule has 0 bridgehead atoms. The molecule has 1 rings (SSSR count). The third-order valence-corrected chi connectivity index (χ3v) is 17.5. The minimum absolute atomic E-state index is 0.0420. The summed E-state index contributed by atoms with van der Waals surface area (Å²) >= 11 is 0. The van der Waals surface area contributed by atoms with Gasteiger partial charge in [0, 0.05) is 74.2 Å². The van der Waals surface area contributed by atoms with Crippen molar-refractivity contribution in [2.45, 2.75) is 243 Å². The topological polar surface area (TPSA) is 379 Å². The Morgan fingerprint density at radius 3 is 1.55 bits per heavy atom. The SMILES string of the molecule is CCC(C)C1NC(=O)CCNC(=O)C(C(C)C)N(C)C(=O)C(CC(C)C)NC(=O)CCNC(=O)C(NC(=O)C(CC(C)C)NC(=O)C(NC(=O)COC)C(C)C)C(C)OC(=O)C(C(C)CC)N(C)C(=O)C(CC(C)C)NCCC(=O)NC(=O)C(C)N(C)C(=O)C(C(C)C)N(C)C1=O. The molecule has 0 aliphatic carbocycles. The predicted octanol–water partition coefficient (Wildman–Crippen LogP) is 1.53. The highest BCUT2D eigenvalue weighted by Gasteiger charge is 2.43. The summed E-state index contributed by atoms with van der Waals surface area (Å²) in [5, 5.41) is 24.4. The maximum Gasteiger partial charge on any atom is 0.329 e. The van der Waals surface area contributed by atoms with Crippen LogP contribution in [0.4, 0.5) is 0 Å². The van der Waals surface area contributed by atoms with Gasteiger partial charge in [-0.3, -0.25) is 67.6 Å². The molecule has 0 aromatic rings. The van der Waals surface area contributed by atoms with Crippen molar-refractivity contribution in [2.24, 2.45) is 47.3 Å². The van der Waals surface area contributed by atoms with Crippen LogP contribution in [0.1, 0.15) is 176 Å². The molecule has 9 N–H and O–H groups in total. The molecule has 1 saturated heterocycles. The van der Waals surface area contributed by atoms with Gasteiger partial charge in [-0.2, -0.15) is 0 Å². The number of ether oxygens (including phenoxy) is 2. The van der Waals surface area contributed by atoms with Crippen molar-refractivity contribution < 1.29 is 76.6 Å². The van der Waals surface area contributed by atoms with Crippen molar-refractivity contribution in [1.82, 2.24) is 67.5 Å². The van der Waals surface area contributed by atoms with Crippen LogP contribution in [0.2, 0.25) is 0 Å². The van der Waals surface area contributed by atoms with Gasteiger partial charge in [-0.05, 0) is 80.5 Å². The maximum atomic E-state index is 14.7. The zero-order valence-corrected chi connectivity index (χ0v) is 62.3. The molecule has 0 aromatic heterocycles. The number of methoxy groups -OCH3 is 1. The lowest BCUT2D eigenvalue weighted by Gasteiger charge is -2.37. The Labute approximate surface area is 576 Å². The molecule has 29 heteroatoms. The Kier molecular flexibility index (Phi) is 38.4. The van der Waals surface area contributed by atoms with Gasteiger partial charge >= 0.3 is 5.97 Å². The number of carbonyl (C=O) groups excluding carboxylic acids is 14. The first-order chi connectivity index (χ1) is 45.1. The molecule has 97 heavy (non-hydrogen) atoms. The van der Waals surface area contributed by atoms with Crippen LogP contribution in [-0.2, 0) is 76.6 Å². The first kappa shape index (κ1) is 87.7. The van der Waals surface area contributed by atoms with Crippen LogP contribution in [-0.4, -0.2) is 230 Å². The molecule has 13 amide bonds. The average Bonchev–Trinajstić information content (AvgIpc) is 0.840. The summed E-state index contributed by atoms with van der Waals surface area (Å²) in [6, 6.07) is -12.2. The maximum absolute atomic E-state index is 14.7. The lowest BCUT2D eigenvalue weighted by Crippen LogP contribution is -2.61. The van der Waals surface area contributed by atoms with Gasteiger partial charge in [0.1, 0.15) is 67.1 Å². The number of likely N-dealkylation sites (N-methyl/N-ethyl adjacent to an activating group) is 4. The minimum Gasteiger partial charge on any atom is -0.458 e. The highest BCUT2D eigenvalue weighted by molar-refractivity contribution is 6.01. The van der Waals surface area contributed by atoms with Gasteiger partial charge in [0.15, 0.2) is 0 Å². The molecule has 13 atom stereocenters. The molecule has 1 aliphatic rings. The van der Waals surface area contributed by atoms with E-state index in [2.05, 4.69) is 47.9 Å². The van der Waals surface area contributed by atoms with Crippen LogP contribution >= 0.6 is 0 Å². The van der Waals surface area contributed by atoms with Crippen LogP contribution in [0.3, 0.4) is 0 Å². The largest absolute Gasteiger partial charge is 0.458 e. The molecule has 0 spiro atoms. The van der Waals surface area contributed by atoms with Gasteiger partial charge < -0.3 is 71.6 Å². The summed E-state index contributed by atoms with van der Waals surface area (Å²) in [7, 11) is 6.95. The zero-order chi connectivity index (χ0) is 74.6. The number of carbonyl (C=O) groups is 14. The highest BCUT2D eigenvalue weighted by Crippen LogP contribution is 2.23. The lowest BCUT2D eigenvalue weighted by atomic mass is 9.94. The fourth-order valence-corrected chi connectivity index (χ4v) is 11.4. The molecule has 1 fully saturated rings. The van der Waals surface area contributed by atoms with Crippen LogP contribution in [0.25, 0.3) is 0 Å². The predicted molar refractivity (Wildman–Crippen MR) is 366 cm³/mol. The number of nitrogens with zero attached hydrogens (tertiary/aromatic N) is 4. The van der Waals surface area contributed by atoms with E-state index in [-0.39, 0.29) is 76.1 Å². The summed E-state index contributed by atoms with van der Waals surface area (Å²) in [5.74, 6) is -12.8. The highest BCUT2D eigenvalue weighted by atomic mass is 16.5. The van der Waals surface area contributed by atoms with E-state index in [0.717, 1.165) is 4.90 Å². The fraction of sp³-hybridized carbons (Fsp3) is 0.794. The van der Waals surface area contributed by atoms with E-state index in [4.69, 9.17) is 9.47 Å². The second-order valence-corrected chi connectivity index (χ2v) is 28.3. The van der Waals surface area contributed by atoms with Crippen molar-refractivity contribution in [3.63, 3.8) is 0 Å². The van der Waals surface area contributed by atoms with Crippen molar-refractivity contribution in [2.75, 3.05) is 61.5 Å². The summed E-state index contributed by atoms with van der Waals surface area (Å²) in [6.07, 6.45) is -1.31. The van der Waals surface area contributed by atoms with Crippen LogP contribution in [0.5, 0.6) is 0 Å². The number of hydrogen-bond acceptors (Lipinski definition) is 17. The van der Waals surface area contributed by atoms with E-state index in [1.807, 2.05) is 34.6 Å². The summed E-state index contributed by atoms with van der Waals surface area (Å²) < 4.78 is 11.0. The number of esters is 1. The second-order valence-electron chi connectivity index (χ2n) is 28.3. The Morgan fingerprint density at radius 1 is 0.546 bits per heavy atom. The van der Waals surface area contributed by atoms with Gasteiger partial charge in [0.25, 0.3) is 0 Å². The normalized spacial score (nSPS) is 24.9. The molecule has 0 saturated carbocycles. The number of rotatable bonds is 20. The first-order valence-corrected chi connectivity index (χ1v) is 34.5. The van der Waals surface area contributed by atoms with Crippen LogP contribution in [0.15, 0.2) is 0 Å². The van der Waals surface area contributed by atoms with E-state index in [0.29, 0.717) is 12.8 Å². The van der Waals surface area contributed by atoms with Gasteiger partial charge in [-0.1, -0.05) is 124 Å². The molecular formula is C68H121N13O16. The van der Waals surface area contributed by atoms with E-state index in [9.17, 15) is 67.1 Å². The average molecular weight is 1380 g/mol. The Hall–Kier alpha value is -7.30. The standard InChI is InChI=1S/C68H121N13O16/c1-24-42(15)54-66(93)80(21)57(41(13)14)67(94)78(19)44(17)59(86)76-51(84)26-29-69-47(33-37(5)6)64(91)81(22)58(43(16)25-2)68(95)97-45(18)55(77-60(87)46(32-36(3)4)73-62(89)53(39(9)10)75-52(85)35-96-23)61(88)70-30-27-49(82)72-48(34-38(7)8)65(92)79(20)56(40(11)12)63(90)71-31-28-50(83)74-54/h36-48,53-58,69H,24-35H2,1-23H3,(H,70,88)(H,71,90)(H,72,82)(H,73,89)(H,74,83)(H,75,85)(H,77,87)(H,76,84,86). The summed E-state index contributed by atoms with van der Waals surface area (Å²) in [4.78, 5) is 202. The van der Waals surface area contributed by atoms with Crippen LogP contribution < -0.4 is 47.9 Å². The van der Waals surface area contributed by atoms with Crippen LogP contribution in [0, 0.1) is 47.3 Å². The molecule has 0 radical (unpaired) electrons. The van der Waals surface area contributed by atoms with Crippen molar-refractivity contribution in [3.05, 3.63) is 0 Å². The molecule has 13 unspecified atom stereocenters. The summed E-state index contributed by atoms with van der Waals surface area (Å²) in [6.45, 7) is 30.1. The Bertz CT molecular complexity index is 2670. The van der Waals surface area contributed by atoms with Gasteiger partial charge in [-0.25, -0.2) is 4.79 Å². The number of hydrogen-bond donors (Lipinski definition) is 9. The molecule has 0 aromatic carbocycles. The molecule has 1 aliphatic heterocycles. The van der Waals surface area contributed by atoms with Crippen molar-refractivity contribution in [1.29, 1.82) is 0 Å². The molecule has 554 valence electrons. The first-order valence-electron chi connectivity index (χ1n) is 34.5. The van der Waals surface area contributed by atoms with E-state index >= 15 is 0 Å². The van der Waals surface area contributed by atoms with Crippen molar-refractivity contribution >= 4 is 82.8 Å². The second kappa shape index (κ2) is 42.5. The van der Waals surface area contributed by atoms with Gasteiger partial charge in [0.2, 0.25) is 76.8 Å². The fourth-order valence-electron chi connectivity index (χ4n) is 11.4. The molecule has 1 heterocycles. The number of amides is 13. The molecule has 29 nitrogen and oxygen atoms in total. The Morgan fingerprint density at radius 2 is 1.04 bits per heavy atom. The van der Waals surface area contributed by atoms with E-state index in [1.165, 1.54) is 63.8 Å². The van der Waals surface area contributed by atoms with E-state index < -0.39 is 185 Å². The van der Waals surface area contributed by atoms with Gasteiger partial charge in [-0.15, -0.1) is 0 Å². The third-order valence-electron chi connectivity index (χ3n) is 17.5. The van der Waals surface area contributed by atoms with Crippen molar-refractivity contribution in [3.8, 4) is 0 Å². The smallest absolute Gasteiger partial charge is 0.329 e. The number of cyclic esters (lactones) is 1. The van der Waals surface area contributed by atoms with Gasteiger partial charge in [0.05, 0.1) is 6.04 Å².